The van der Waals surface area contributed by atoms with Gasteiger partial charge in [0.05, 0.1) is 5.56 Å². The number of para-hydroxylation sites is 1. The van der Waals surface area contributed by atoms with Crippen molar-refractivity contribution in [2.75, 3.05) is 0 Å². The number of carbonyl (C=O) groups is 3. The summed E-state index contributed by atoms with van der Waals surface area (Å²) < 4.78 is 0. The monoisotopic (exact) mass is 262 g/mol. The van der Waals surface area contributed by atoms with E-state index in [1.54, 1.807) is 12.1 Å². The van der Waals surface area contributed by atoms with Crippen LogP contribution in [-0.2, 0) is 9.59 Å². The second kappa shape index (κ2) is 8.19. The predicted molar refractivity (Wildman–Crippen MR) is 71.2 cm³/mol. The minimum atomic E-state index is -0.633. The van der Waals surface area contributed by atoms with Crippen LogP contribution >= 0.6 is 0 Å². The first-order valence-electron chi connectivity index (χ1n) is 6.46. The highest BCUT2D eigenvalue weighted by Gasteiger charge is 2.18. The van der Waals surface area contributed by atoms with Gasteiger partial charge in [-0.1, -0.05) is 25.0 Å². The molecule has 4 heteroatoms. The molecule has 0 bridgehead atoms. The summed E-state index contributed by atoms with van der Waals surface area (Å²) in [5.74, 6) is -1.27. The third kappa shape index (κ3) is 5.04. The van der Waals surface area contributed by atoms with Crippen LogP contribution in [0.1, 0.15) is 48.9 Å². The molecule has 0 fully saturated rings. The zero-order chi connectivity index (χ0) is 14.1. The summed E-state index contributed by atoms with van der Waals surface area (Å²) in [6.07, 6.45) is 4.79. The quantitative estimate of drug-likeness (QED) is 0.321. The van der Waals surface area contributed by atoms with Crippen molar-refractivity contribution in [2.45, 2.75) is 38.5 Å². The van der Waals surface area contributed by atoms with Gasteiger partial charge in [-0.25, -0.2) is 0 Å². The molecule has 0 heterocycles. The van der Waals surface area contributed by atoms with Crippen molar-refractivity contribution < 1.29 is 19.5 Å². The molecule has 0 aromatic heterocycles. The van der Waals surface area contributed by atoms with E-state index in [9.17, 15) is 19.5 Å². The minimum absolute atomic E-state index is 0.0634. The molecule has 0 saturated heterocycles. The van der Waals surface area contributed by atoms with Gasteiger partial charge >= 0.3 is 0 Å². The molecule has 0 spiro atoms. The van der Waals surface area contributed by atoms with Crippen LogP contribution < -0.4 is 0 Å². The maximum absolute atomic E-state index is 11.8. The van der Waals surface area contributed by atoms with E-state index in [-0.39, 0.29) is 17.7 Å². The Balaban J connectivity index is 2.36. The van der Waals surface area contributed by atoms with Crippen molar-refractivity contribution in [3.63, 3.8) is 0 Å². The normalized spacial score (nSPS) is 10.1. The Morgan fingerprint density at radius 1 is 1.05 bits per heavy atom. The molecule has 0 radical (unpaired) electrons. The highest BCUT2D eigenvalue weighted by Crippen LogP contribution is 2.17. The number of aromatic hydroxyl groups is 1. The average Bonchev–Trinajstić information content (AvgIpc) is 2.42. The van der Waals surface area contributed by atoms with Crippen molar-refractivity contribution in [1.29, 1.82) is 0 Å². The van der Waals surface area contributed by atoms with E-state index in [0.29, 0.717) is 12.8 Å². The number of phenolic OH excluding ortho intramolecular Hbond substituents is 1. The molecule has 1 aromatic carbocycles. The second-order valence-electron chi connectivity index (χ2n) is 4.39. The molecule has 19 heavy (non-hydrogen) atoms. The zero-order valence-electron chi connectivity index (χ0n) is 10.8. The predicted octanol–water partition coefficient (Wildman–Crippen LogP) is 2.68. The molecule has 0 saturated carbocycles. The smallest absolute Gasteiger partial charge is 0.232 e. The Bertz CT molecular complexity index is 451. The Kier molecular flexibility index (Phi) is 6.50. The maximum atomic E-state index is 11.8. The fourth-order valence-electron chi connectivity index (χ4n) is 1.80. The van der Waals surface area contributed by atoms with Gasteiger partial charge in [0.2, 0.25) is 11.6 Å². The highest BCUT2D eigenvalue weighted by molar-refractivity contribution is 6.44. The SMILES string of the molecule is O=CCCCCCCC(=O)C(=O)c1ccccc1O. The van der Waals surface area contributed by atoms with Crippen LogP contribution in [0, 0.1) is 0 Å². The number of Topliss-reactive ketones (excluding diaryl/α,β-unsaturated/α-hetero) is 2. The van der Waals surface area contributed by atoms with Crippen molar-refractivity contribution in [3.05, 3.63) is 29.8 Å². The summed E-state index contributed by atoms with van der Waals surface area (Å²) in [6.45, 7) is 0. The Morgan fingerprint density at radius 3 is 2.42 bits per heavy atom. The number of hydrogen-bond donors (Lipinski definition) is 1. The number of carbonyl (C=O) groups excluding carboxylic acids is 3. The maximum Gasteiger partial charge on any atom is 0.232 e. The van der Waals surface area contributed by atoms with Gasteiger partial charge < -0.3 is 9.90 Å². The van der Waals surface area contributed by atoms with Gasteiger partial charge in [0.25, 0.3) is 0 Å². The van der Waals surface area contributed by atoms with Crippen LogP contribution in [0.3, 0.4) is 0 Å². The molecule has 0 aliphatic rings. The molecule has 1 N–H and O–H groups in total. The summed E-state index contributed by atoms with van der Waals surface area (Å²) in [4.78, 5) is 33.5. The van der Waals surface area contributed by atoms with Gasteiger partial charge in [-0.2, -0.15) is 0 Å². The fraction of sp³-hybridized carbons (Fsp3) is 0.400. The zero-order valence-corrected chi connectivity index (χ0v) is 10.8. The van der Waals surface area contributed by atoms with E-state index in [0.717, 1.165) is 25.5 Å². The number of unbranched alkanes of at least 4 members (excludes halogenated alkanes) is 4. The lowest BCUT2D eigenvalue weighted by Crippen LogP contribution is -2.14. The van der Waals surface area contributed by atoms with Gasteiger partial charge in [0.15, 0.2) is 0 Å². The van der Waals surface area contributed by atoms with E-state index >= 15 is 0 Å². The van der Waals surface area contributed by atoms with E-state index in [4.69, 9.17) is 0 Å². The summed E-state index contributed by atoms with van der Waals surface area (Å²) in [7, 11) is 0. The third-order valence-electron chi connectivity index (χ3n) is 2.88. The molecule has 0 aliphatic heterocycles. The lowest BCUT2D eigenvalue weighted by Gasteiger charge is -2.03. The number of phenols is 1. The van der Waals surface area contributed by atoms with Gasteiger partial charge in [0, 0.05) is 12.8 Å². The van der Waals surface area contributed by atoms with Crippen LogP contribution in [0.4, 0.5) is 0 Å². The topological polar surface area (TPSA) is 71.4 Å². The van der Waals surface area contributed by atoms with Crippen LogP contribution in [0.15, 0.2) is 24.3 Å². The molecule has 0 aliphatic carbocycles. The van der Waals surface area contributed by atoms with Crippen LogP contribution in [0.5, 0.6) is 5.75 Å². The third-order valence-corrected chi connectivity index (χ3v) is 2.88. The minimum Gasteiger partial charge on any atom is -0.507 e. The van der Waals surface area contributed by atoms with E-state index in [1.807, 2.05) is 0 Å². The van der Waals surface area contributed by atoms with Crippen LogP contribution in [-0.4, -0.2) is 23.0 Å². The standard InChI is InChI=1S/C15H18O4/c16-11-7-3-1-2-4-10-14(18)15(19)12-8-5-6-9-13(12)17/h5-6,8-9,11,17H,1-4,7,10H2. The molecule has 0 unspecified atom stereocenters. The van der Waals surface area contributed by atoms with Crippen LogP contribution in [0.25, 0.3) is 0 Å². The van der Waals surface area contributed by atoms with Gasteiger partial charge in [-0.05, 0) is 25.0 Å². The van der Waals surface area contributed by atoms with E-state index in [1.165, 1.54) is 12.1 Å². The van der Waals surface area contributed by atoms with Crippen molar-refractivity contribution in [2.24, 2.45) is 0 Å². The number of benzene rings is 1. The molecule has 4 nitrogen and oxygen atoms in total. The summed E-state index contributed by atoms with van der Waals surface area (Å²) in [5.41, 5.74) is 0.0634. The largest absolute Gasteiger partial charge is 0.507 e. The van der Waals surface area contributed by atoms with Crippen molar-refractivity contribution in [1.82, 2.24) is 0 Å². The van der Waals surface area contributed by atoms with Gasteiger partial charge in [-0.3, -0.25) is 9.59 Å². The first kappa shape index (κ1) is 15.1. The van der Waals surface area contributed by atoms with Gasteiger partial charge in [0.1, 0.15) is 12.0 Å². The molecule has 0 amide bonds. The number of ketones is 2. The lowest BCUT2D eigenvalue weighted by molar-refractivity contribution is -0.115. The fourth-order valence-corrected chi connectivity index (χ4v) is 1.80. The van der Waals surface area contributed by atoms with Crippen molar-refractivity contribution >= 4 is 17.9 Å². The summed E-state index contributed by atoms with van der Waals surface area (Å²) in [6, 6.07) is 6.04. The van der Waals surface area contributed by atoms with Crippen LogP contribution in [0.2, 0.25) is 0 Å². The first-order chi connectivity index (χ1) is 9.16. The van der Waals surface area contributed by atoms with E-state index in [2.05, 4.69) is 0 Å². The molecule has 0 atom stereocenters. The summed E-state index contributed by atoms with van der Waals surface area (Å²) >= 11 is 0. The number of hydrogen-bond acceptors (Lipinski definition) is 4. The highest BCUT2D eigenvalue weighted by atomic mass is 16.3. The number of rotatable bonds is 9. The first-order valence-corrected chi connectivity index (χ1v) is 6.46. The Hall–Kier alpha value is -1.97. The van der Waals surface area contributed by atoms with E-state index < -0.39 is 11.6 Å². The summed E-state index contributed by atoms with van der Waals surface area (Å²) in [5, 5.41) is 9.49. The Morgan fingerprint density at radius 2 is 1.74 bits per heavy atom. The molecular weight excluding hydrogens is 244 g/mol. The Labute approximate surface area is 112 Å². The molecular formula is C15H18O4. The molecule has 102 valence electrons. The average molecular weight is 262 g/mol. The lowest BCUT2D eigenvalue weighted by atomic mass is 10.0. The van der Waals surface area contributed by atoms with Gasteiger partial charge in [-0.15, -0.1) is 0 Å². The molecule has 1 aromatic rings. The number of aldehydes is 1. The van der Waals surface area contributed by atoms with Crippen molar-refractivity contribution in [3.8, 4) is 5.75 Å². The second-order valence-corrected chi connectivity index (χ2v) is 4.39. The molecule has 1 rings (SSSR count).